The zero-order chi connectivity index (χ0) is 28.5. The third-order valence-corrected chi connectivity index (χ3v) is 8.21. The van der Waals surface area contributed by atoms with E-state index < -0.39 is 6.04 Å². The van der Waals surface area contributed by atoms with Gasteiger partial charge in [-0.25, -0.2) is 0 Å². The average molecular weight is 582 g/mol. The molecule has 0 saturated heterocycles. The third kappa shape index (κ3) is 8.02. The van der Waals surface area contributed by atoms with Crippen molar-refractivity contribution >= 4 is 35.0 Å². The lowest BCUT2D eigenvalue weighted by atomic mass is 9.94. The first-order chi connectivity index (χ1) is 19.3. The zero-order valence-electron chi connectivity index (χ0n) is 23.2. The fourth-order valence-electron chi connectivity index (χ4n) is 5.26. The van der Waals surface area contributed by atoms with Crippen molar-refractivity contribution in [3.63, 3.8) is 0 Å². The van der Waals surface area contributed by atoms with Crippen molar-refractivity contribution in [1.29, 1.82) is 0 Å². The molecule has 40 heavy (non-hydrogen) atoms. The Hall–Kier alpha value is -3.02. The Morgan fingerprint density at radius 3 is 2.23 bits per heavy atom. The normalized spacial score (nSPS) is 14.5. The second kappa shape index (κ2) is 14.6. The maximum absolute atomic E-state index is 14.0. The first kappa shape index (κ1) is 30.0. The highest BCUT2D eigenvalue weighted by atomic mass is 35.5. The molecule has 1 aliphatic carbocycles. The van der Waals surface area contributed by atoms with Gasteiger partial charge >= 0.3 is 0 Å². The lowest BCUT2D eigenvalue weighted by Crippen LogP contribution is -2.53. The Labute approximate surface area is 247 Å². The molecular formula is C33H38Cl2N2O3. The number of para-hydroxylation sites is 1. The summed E-state index contributed by atoms with van der Waals surface area (Å²) in [5.41, 5.74) is 2.58. The Kier molecular flexibility index (Phi) is 10.9. The fourth-order valence-corrected chi connectivity index (χ4v) is 5.78. The number of hydrogen-bond donors (Lipinski definition) is 1. The van der Waals surface area contributed by atoms with Crippen LogP contribution in [0.15, 0.2) is 72.8 Å². The van der Waals surface area contributed by atoms with Crippen LogP contribution >= 0.6 is 23.2 Å². The molecule has 1 N–H and O–H groups in total. The van der Waals surface area contributed by atoms with Gasteiger partial charge in [0.15, 0.2) is 6.61 Å². The van der Waals surface area contributed by atoms with Gasteiger partial charge in [-0.1, -0.05) is 111 Å². The summed E-state index contributed by atoms with van der Waals surface area (Å²) in [5.74, 6) is 0.411. The maximum atomic E-state index is 14.0. The molecule has 0 heterocycles. The highest BCUT2D eigenvalue weighted by Gasteiger charge is 2.33. The van der Waals surface area contributed by atoms with Gasteiger partial charge in [0.25, 0.3) is 5.91 Å². The Morgan fingerprint density at radius 1 is 0.900 bits per heavy atom. The Bertz CT molecular complexity index is 1260. The van der Waals surface area contributed by atoms with Crippen LogP contribution in [0.1, 0.15) is 68.6 Å². The summed E-state index contributed by atoms with van der Waals surface area (Å²) in [7, 11) is 0. The molecule has 1 saturated carbocycles. The minimum atomic E-state index is -0.770. The number of hydrogen-bond acceptors (Lipinski definition) is 3. The summed E-state index contributed by atoms with van der Waals surface area (Å²) in [6.45, 7) is 4.04. The standard InChI is InChI=1S/C33H38Cl2N2O3/c1-23(2)26-16-9-10-19-31(26)40-22-32(38)37(21-27-28(34)17-11-18-29(27)35)30(20-24-12-5-3-6-13-24)33(39)36-25-14-7-4-8-15-25/h3,5-6,9-13,16-19,23,25,30H,4,7-8,14-15,20-22H2,1-2H3,(H,36,39)/t30-/m1/s1. The van der Waals surface area contributed by atoms with Crippen LogP contribution in [0.25, 0.3) is 0 Å². The van der Waals surface area contributed by atoms with Crippen LogP contribution in [0.2, 0.25) is 10.0 Å². The Morgan fingerprint density at radius 2 is 1.55 bits per heavy atom. The summed E-state index contributed by atoms with van der Waals surface area (Å²) >= 11 is 13.1. The molecule has 0 aliphatic heterocycles. The van der Waals surface area contributed by atoms with Crippen molar-refractivity contribution in [2.75, 3.05) is 6.61 Å². The van der Waals surface area contributed by atoms with Crippen molar-refractivity contribution in [2.24, 2.45) is 0 Å². The second-order valence-corrected chi connectivity index (χ2v) is 11.6. The van der Waals surface area contributed by atoms with Gasteiger partial charge in [0, 0.05) is 34.6 Å². The number of benzene rings is 3. The predicted octanol–water partition coefficient (Wildman–Crippen LogP) is 7.58. The first-order valence-electron chi connectivity index (χ1n) is 14.1. The van der Waals surface area contributed by atoms with Gasteiger partial charge in [0.05, 0.1) is 0 Å². The summed E-state index contributed by atoms with van der Waals surface area (Å²) in [5, 5.41) is 4.14. The van der Waals surface area contributed by atoms with E-state index in [1.54, 1.807) is 23.1 Å². The lowest BCUT2D eigenvalue weighted by molar-refractivity contribution is -0.143. The molecule has 3 aromatic rings. The topological polar surface area (TPSA) is 58.6 Å². The van der Waals surface area contributed by atoms with E-state index in [9.17, 15) is 9.59 Å². The molecule has 2 amide bonds. The SMILES string of the molecule is CC(C)c1ccccc1OCC(=O)N(Cc1c(Cl)cccc1Cl)[C@H](Cc1ccccc1)C(=O)NC1CCCCC1. The molecule has 1 atom stereocenters. The second-order valence-electron chi connectivity index (χ2n) is 10.8. The number of carbonyl (C=O) groups is 2. The number of amides is 2. The van der Waals surface area contributed by atoms with Crippen LogP contribution in [0.5, 0.6) is 5.75 Å². The smallest absolute Gasteiger partial charge is 0.261 e. The lowest BCUT2D eigenvalue weighted by Gasteiger charge is -2.34. The Balaban J connectivity index is 1.66. The molecule has 0 aromatic heterocycles. The van der Waals surface area contributed by atoms with E-state index in [1.807, 2.05) is 54.6 Å². The summed E-state index contributed by atoms with van der Waals surface area (Å²) in [4.78, 5) is 29.5. The van der Waals surface area contributed by atoms with Crippen LogP contribution in [0.3, 0.4) is 0 Å². The van der Waals surface area contributed by atoms with E-state index >= 15 is 0 Å². The van der Waals surface area contributed by atoms with Gasteiger partial charge < -0.3 is 15.0 Å². The van der Waals surface area contributed by atoms with Crippen molar-refractivity contribution in [3.8, 4) is 5.75 Å². The van der Waals surface area contributed by atoms with Gasteiger partial charge in [-0.3, -0.25) is 9.59 Å². The molecule has 1 fully saturated rings. The van der Waals surface area contributed by atoms with Gasteiger partial charge in [-0.05, 0) is 48.1 Å². The van der Waals surface area contributed by atoms with E-state index in [0.29, 0.717) is 27.8 Å². The molecule has 0 radical (unpaired) electrons. The number of ether oxygens (including phenoxy) is 1. The van der Waals surface area contributed by atoms with E-state index in [4.69, 9.17) is 27.9 Å². The summed E-state index contributed by atoms with van der Waals surface area (Å²) < 4.78 is 6.08. The van der Waals surface area contributed by atoms with Crippen molar-refractivity contribution in [3.05, 3.63) is 99.5 Å². The van der Waals surface area contributed by atoms with Gasteiger partial charge in [0.2, 0.25) is 5.91 Å². The number of nitrogens with one attached hydrogen (secondary N) is 1. The van der Waals surface area contributed by atoms with Gasteiger partial charge in [-0.2, -0.15) is 0 Å². The minimum absolute atomic E-state index is 0.0854. The fraction of sp³-hybridized carbons (Fsp3) is 0.394. The molecule has 4 rings (SSSR count). The monoisotopic (exact) mass is 580 g/mol. The molecule has 3 aromatic carbocycles. The molecule has 212 valence electrons. The summed E-state index contributed by atoms with van der Waals surface area (Å²) in [6, 6.07) is 22.1. The minimum Gasteiger partial charge on any atom is -0.483 e. The van der Waals surface area contributed by atoms with Crippen molar-refractivity contribution < 1.29 is 14.3 Å². The number of carbonyl (C=O) groups excluding carboxylic acids is 2. The average Bonchev–Trinajstić information content (AvgIpc) is 2.96. The van der Waals surface area contributed by atoms with Gasteiger partial charge in [-0.15, -0.1) is 0 Å². The van der Waals surface area contributed by atoms with Crippen molar-refractivity contribution in [1.82, 2.24) is 10.2 Å². The molecule has 0 unspecified atom stereocenters. The summed E-state index contributed by atoms with van der Waals surface area (Å²) in [6.07, 6.45) is 5.62. The third-order valence-electron chi connectivity index (χ3n) is 7.50. The van der Waals surface area contributed by atoms with E-state index in [-0.39, 0.29) is 36.9 Å². The molecule has 7 heteroatoms. The molecule has 0 bridgehead atoms. The predicted molar refractivity (Wildman–Crippen MR) is 162 cm³/mol. The van der Waals surface area contributed by atoms with Crippen LogP contribution in [-0.2, 0) is 22.6 Å². The van der Waals surface area contributed by atoms with Crippen LogP contribution in [0.4, 0.5) is 0 Å². The van der Waals surface area contributed by atoms with E-state index in [1.165, 1.54) is 6.42 Å². The van der Waals surface area contributed by atoms with Crippen LogP contribution < -0.4 is 10.1 Å². The number of halogens is 2. The quantitative estimate of drug-likeness (QED) is 0.254. The van der Waals surface area contributed by atoms with Crippen molar-refractivity contribution in [2.45, 2.75) is 76.9 Å². The van der Waals surface area contributed by atoms with Gasteiger partial charge in [0.1, 0.15) is 11.8 Å². The molecule has 5 nitrogen and oxygen atoms in total. The van der Waals surface area contributed by atoms with Crippen LogP contribution in [-0.4, -0.2) is 35.4 Å². The molecule has 1 aliphatic rings. The molecular weight excluding hydrogens is 543 g/mol. The van der Waals surface area contributed by atoms with Crippen LogP contribution in [0, 0.1) is 0 Å². The highest BCUT2D eigenvalue weighted by Crippen LogP contribution is 2.29. The first-order valence-corrected chi connectivity index (χ1v) is 14.9. The molecule has 0 spiro atoms. The number of rotatable bonds is 11. The maximum Gasteiger partial charge on any atom is 0.261 e. The van der Waals surface area contributed by atoms with E-state index in [2.05, 4.69) is 19.2 Å². The number of nitrogens with zero attached hydrogens (tertiary/aromatic N) is 1. The highest BCUT2D eigenvalue weighted by molar-refractivity contribution is 6.36. The zero-order valence-corrected chi connectivity index (χ0v) is 24.8. The van der Waals surface area contributed by atoms with E-state index in [0.717, 1.165) is 36.8 Å². The largest absolute Gasteiger partial charge is 0.483 e.